The van der Waals surface area contributed by atoms with Crippen molar-refractivity contribution < 1.29 is 101 Å². The monoisotopic (exact) mass is 2110 g/mol. The number of nitrogens with one attached hydrogen (secondary N) is 26. The zero-order valence-electron chi connectivity index (χ0n) is 86.8. The maximum atomic E-state index is 15.2. The summed E-state index contributed by atoms with van der Waals surface area (Å²) in [6.07, 6.45) is 5.48. The molecule has 55 heteroatoms. The molecule has 0 spiro atoms. The van der Waals surface area contributed by atoms with Gasteiger partial charge in [0.25, 0.3) is 0 Å². The fourth-order valence-corrected chi connectivity index (χ4v) is 15.4. The maximum Gasteiger partial charge on any atom is 0.305 e. The minimum absolute atomic E-state index is 0.00440. The number of carboxylic acids is 2. The molecule has 0 radical (unpaired) electrons. The van der Waals surface area contributed by atoms with Crippen molar-refractivity contribution in [2.24, 2.45) is 57.7 Å². The first kappa shape index (κ1) is 131. The van der Waals surface area contributed by atoms with E-state index in [1.54, 1.807) is 65.0 Å². The molecule has 0 saturated carbocycles. The number of aliphatic carboxylic acids is 2. The van der Waals surface area contributed by atoms with Gasteiger partial charge in [-0.1, -0.05) is 83.0 Å². The maximum absolute atomic E-state index is 15.2. The van der Waals surface area contributed by atoms with E-state index in [4.69, 9.17) is 77.7 Å². The Morgan fingerprint density at radius 2 is 0.919 bits per heavy atom. The van der Waals surface area contributed by atoms with E-state index >= 15 is 9.59 Å². The zero-order chi connectivity index (χ0) is 112. The molecule has 0 aliphatic carbocycles. The van der Waals surface area contributed by atoms with Crippen LogP contribution in [0.25, 0.3) is 0 Å². The average molecular weight is 2110 g/mol. The minimum atomic E-state index is -1.97. The van der Waals surface area contributed by atoms with E-state index in [1.165, 1.54) is 20.8 Å². The Morgan fingerprint density at radius 1 is 0.477 bits per heavy atom. The molecule has 1 aliphatic heterocycles. The quantitative estimate of drug-likeness (QED) is 0.00720. The lowest BCUT2D eigenvalue weighted by atomic mass is 9.93. The lowest BCUT2D eigenvalue weighted by Gasteiger charge is -2.34. The number of guanidine groups is 5. The molecule has 1 aromatic carbocycles. The highest BCUT2D eigenvalue weighted by Crippen LogP contribution is 2.22. The standard InChI is InChI=1S/C94H166N34O21/c1-54(2)46-67-83(144)119-63(34-26-44-111-91(104)105)79(140)125-70(50-74(134)135)86(147)126-93(7,87(97)148)38-20-14-12-10-9-11-13-15-21-39-94(8,149-53-114-66(48-58-28-17-16-18-29-58)82(143)116-56(5)75(136)115-57(6)76(137)122-67)128-127-65(35-27-45-112-92(106)107)81(142)118-61(31-19-22-40-95)78(139)123-68(47-55(3)4)84(145)121-64(36-37-73(132)133)80(141)124-69(49-72(96)131)85(146)120-62(33-25-43-110-90(102)103)77(138)117-60(32-24-42-109-89(100)101)71(130)51-113-59(52-129)30-23-41-108-88(98)99/h10,12,16-18,28-29,52,54-57,59-70,113-114,127-128H,9,11,13-15,19-27,30-51,53,95H2,1-8H3,(H2,96,131)(H2,97,148)(H,115,136)(H,116,143)(H,117,138)(H,118,142)(H,119,144)(H,120,146)(H,121,145)(H,122,137)(H,123,139)(H,124,141)(H,125,140)(H,126,147)(H,132,133)(H,134,135)(H4,98,99,108)(H4,100,101,109)(H4,102,103,110)(H4,104,105,111)(H4,106,107,112)/b12-10-/t56-,57-,59-,60-,61-,62-,63-,64-,65-,66-,67-,68-,69-,70-,93?,94?/m0/s1. The summed E-state index contributed by atoms with van der Waals surface area (Å²) in [5, 5.41) is 108. The summed E-state index contributed by atoms with van der Waals surface area (Å²) >= 11 is 0. The van der Waals surface area contributed by atoms with Crippen molar-refractivity contribution in [3.8, 4) is 0 Å². The van der Waals surface area contributed by atoms with Gasteiger partial charge in [0.05, 0.1) is 44.2 Å². The Hall–Kier alpha value is -14.1. The van der Waals surface area contributed by atoms with Crippen molar-refractivity contribution in [1.82, 2.24) is 112 Å². The molecule has 55 nitrogen and oxygen atoms in total. The zero-order valence-corrected chi connectivity index (χ0v) is 86.8. The van der Waals surface area contributed by atoms with Crippen LogP contribution in [0, 0.1) is 38.9 Å². The first-order valence-electron chi connectivity index (χ1n) is 50.4. The molecular weight excluding hydrogens is 1940 g/mol. The second-order valence-corrected chi connectivity index (χ2v) is 38.0. The van der Waals surface area contributed by atoms with Crippen LogP contribution in [-0.2, 0) is 97.5 Å². The number of Topliss-reactive ketones (excluding diaryl/α,β-unsaturated/α-hetero) is 1. The Kier molecular flexibility index (Phi) is 62.9. The van der Waals surface area contributed by atoms with E-state index < -0.39 is 259 Å². The summed E-state index contributed by atoms with van der Waals surface area (Å²) in [5.41, 5.74) is 48.8. The number of aldehydes is 1. The molecule has 149 heavy (non-hydrogen) atoms. The molecule has 0 aromatic heterocycles. The van der Waals surface area contributed by atoms with Crippen LogP contribution >= 0.6 is 0 Å². The summed E-state index contributed by atoms with van der Waals surface area (Å²) in [7, 11) is 0. The molecule has 16 atom stereocenters. The van der Waals surface area contributed by atoms with Crippen LogP contribution in [0.15, 0.2) is 42.5 Å². The first-order valence-corrected chi connectivity index (χ1v) is 50.4. The number of carbonyl (C=O) groups is 18. The van der Waals surface area contributed by atoms with Crippen LogP contribution in [0.4, 0.5) is 0 Å². The molecule has 0 saturated heterocycles. The van der Waals surface area contributed by atoms with E-state index in [9.17, 15) is 86.9 Å². The number of hydrazine groups is 1. The highest BCUT2D eigenvalue weighted by Gasteiger charge is 2.41. The van der Waals surface area contributed by atoms with E-state index in [0.717, 1.165) is 0 Å². The van der Waals surface area contributed by atoms with Crippen molar-refractivity contribution in [2.75, 3.05) is 52.5 Å². The molecule has 14 amide bonds. The van der Waals surface area contributed by atoms with Gasteiger partial charge in [-0.15, -0.1) is 0 Å². The number of carbonyl (C=O) groups excluding carboxylic acids is 16. The van der Waals surface area contributed by atoms with Gasteiger partial charge in [-0.2, -0.15) is 0 Å². The summed E-state index contributed by atoms with van der Waals surface area (Å²) in [5.74, 6) is -20.0. The average Bonchev–Trinajstić information content (AvgIpc) is 0.810. The van der Waals surface area contributed by atoms with Crippen LogP contribution in [0.1, 0.15) is 241 Å². The molecule has 0 fully saturated rings. The van der Waals surface area contributed by atoms with Crippen LogP contribution < -0.4 is 158 Å². The number of allylic oxidation sites excluding steroid dienone is 2. The van der Waals surface area contributed by atoms with Gasteiger partial charge in [-0.05, 0) is 206 Å². The summed E-state index contributed by atoms with van der Waals surface area (Å²) in [6.45, 7) is 12.2. The van der Waals surface area contributed by atoms with Gasteiger partial charge in [0.2, 0.25) is 82.7 Å². The Morgan fingerprint density at radius 3 is 1.44 bits per heavy atom. The highest BCUT2D eigenvalue weighted by atomic mass is 16.5. The number of ketones is 1. The minimum Gasteiger partial charge on any atom is -0.481 e. The number of unbranched alkanes of at least 4 members (excludes halogenated alkanes) is 1. The highest BCUT2D eigenvalue weighted by molar-refractivity contribution is 6.01. The summed E-state index contributed by atoms with van der Waals surface area (Å²) in [4.78, 5) is 251. The normalized spacial score (nSPS) is 20.6. The number of ether oxygens (including phenoxy) is 1. The Bertz CT molecular complexity index is 4580. The summed E-state index contributed by atoms with van der Waals surface area (Å²) in [6, 6.07) is -11.7. The van der Waals surface area contributed by atoms with Gasteiger partial charge >= 0.3 is 11.9 Å². The number of hydrogen-bond acceptors (Lipinski definition) is 29. The third-order valence-electron chi connectivity index (χ3n) is 23.8. The predicted octanol–water partition coefficient (Wildman–Crippen LogP) is -6.37. The van der Waals surface area contributed by atoms with Crippen LogP contribution in [-0.4, -0.2) is 295 Å². The molecule has 1 aromatic rings. The van der Waals surface area contributed by atoms with Crippen molar-refractivity contribution in [3.05, 3.63) is 48.0 Å². The molecule has 0 bridgehead atoms. The number of benzene rings is 1. The van der Waals surface area contributed by atoms with Crippen molar-refractivity contribution in [3.63, 3.8) is 0 Å². The fourth-order valence-electron chi connectivity index (χ4n) is 15.4. The third-order valence-corrected chi connectivity index (χ3v) is 23.8. The topological polar surface area (TPSA) is 937 Å². The number of rotatable bonds is 58. The van der Waals surface area contributed by atoms with E-state index in [-0.39, 0.29) is 166 Å². The molecular formula is C94H166N34O21. The van der Waals surface area contributed by atoms with Gasteiger partial charge < -0.3 is 161 Å². The molecule has 44 N–H and O–H groups in total. The lowest BCUT2D eigenvalue weighted by Crippen LogP contribution is -2.62. The van der Waals surface area contributed by atoms with Crippen LogP contribution in [0.3, 0.4) is 0 Å². The lowest BCUT2D eigenvalue weighted by molar-refractivity contribution is -0.142. The van der Waals surface area contributed by atoms with E-state index in [1.807, 2.05) is 12.2 Å². The summed E-state index contributed by atoms with van der Waals surface area (Å²) < 4.78 is 6.68. The fraction of sp³-hybridized carbons (Fsp3) is 0.670. The van der Waals surface area contributed by atoms with Crippen molar-refractivity contribution in [1.29, 1.82) is 27.0 Å². The Labute approximate surface area is 868 Å². The molecule has 2 rings (SSSR count). The van der Waals surface area contributed by atoms with Crippen molar-refractivity contribution in [2.45, 2.75) is 337 Å². The van der Waals surface area contributed by atoms with Gasteiger partial charge in [0.15, 0.2) is 35.6 Å². The van der Waals surface area contributed by atoms with Gasteiger partial charge in [0.1, 0.15) is 84.0 Å². The predicted molar refractivity (Wildman–Crippen MR) is 554 cm³/mol. The number of primary amides is 2. The van der Waals surface area contributed by atoms with E-state index in [0.29, 0.717) is 63.2 Å². The molecule has 1 aliphatic rings. The molecule has 2 unspecified atom stereocenters. The first-order chi connectivity index (χ1) is 70.3. The second-order valence-electron chi connectivity index (χ2n) is 38.0. The van der Waals surface area contributed by atoms with Gasteiger partial charge in [-0.25, -0.2) is 10.9 Å². The van der Waals surface area contributed by atoms with Crippen molar-refractivity contribution >= 4 is 137 Å². The third kappa shape index (κ3) is 57.2. The SMILES string of the molecule is CC(C)C[C@@H]1NC(=O)[C@H](C)NC(=O)[C@H](C)NC(=O)[C@H](Cc2ccccc2)NCOC(C)(NN[C@@H](CCCNC(=N)N)C(=O)N[C@@H](CCCCN)C(=O)N[C@@H](CC(C)C)C(=O)N[C@@H](CCC(=O)O)C(=O)N[C@@H](CC(N)=O)C(=O)N[C@@H](CCCNC(=N)N)C(=O)N[C@@H](CCCNC(=N)N)C(=O)CN[C@H](C=O)CCCNC(=N)N)CCCCCC/C=C\CCCC(C)(C(N)=O)NC(=O)[C@H](CC(=O)O)NC(=O)[C@H](CCCNC(=N)N)NC1=O. The van der Waals surface area contributed by atoms with Crippen LogP contribution in [0.5, 0.6) is 0 Å². The van der Waals surface area contributed by atoms with Gasteiger partial charge in [-0.3, -0.25) is 114 Å². The number of amides is 14. The smallest absolute Gasteiger partial charge is 0.305 e. The number of hydrogen-bond donors (Lipinski definition) is 36. The van der Waals surface area contributed by atoms with E-state index in [2.05, 4.69) is 112 Å². The van der Waals surface area contributed by atoms with Crippen LogP contribution in [0.2, 0.25) is 0 Å². The number of nitrogens with two attached hydrogens (primary N) is 8. The second kappa shape index (κ2) is 71.5. The molecule has 838 valence electrons. The number of carboxylic acid groups (broad SMARTS) is 2. The van der Waals surface area contributed by atoms with Gasteiger partial charge in [0, 0.05) is 39.1 Å². The largest absolute Gasteiger partial charge is 0.481 e. The molecule has 1 heterocycles. The Balaban J connectivity index is 2.79.